The lowest BCUT2D eigenvalue weighted by Crippen LogP contribution is -2.43. The van der Waals surface area contributed by atoms with Gasteiger partial charge in [0, 0.05) is 38.6 Å². The summed E-state index contributed by atoms with van der Waals surface area (Å²) in [5.41, 5.74) is 4.14. The predicted octanol–water partition coefficient (Wildman–Crippen LogP) is 1.65. The first kappa shape index (κ1) is 12.5. The number of hydrogen-bond donors (Lipinski definition) is 0. The van der Waals surface area contributed by atoms with Gasteiger partial charge in [-0.3, -0.25) is 9.91 Å². The van der Waals surface area contributed by atoms with E-state index in [2.05, 4.69) is 40.2 Å². The van der Waals surface area contributed by atoms with E-state index in [-0.39, 0.29) is 0 Å². The summed E-state index contributed by atoms with van der Waals surface area (Å²) in [6, 6.07) is 0. The molecule has 0 spiro atoms. The summed E-state index contributed by atoms with van der Waals surface area (Å²) in [7, 11) is 2.00. The van der Waals surface area contributed by atoms with Gasteiger partial charge in [0.2, 0.25) is 0 Å². The fourth-order valence-corrected chi connectivity index (χ4v) is 2.76. The minimum atomic E-state index is 0.906. The molecule has 3 aliphatic rings. The minimum Gasteiger partial charge on any atom is -0.349 e. The number of hydrazone groups is 1. The van der Waals surface area contributed by atoms with Crippen LogP contribution in [0.5, 0.6) is 0 Å². The fourth-order valence-electron chi connectivity index (χ4n) is 2.76. The van der Waals surface area contributed by atoms with Gasteiger partial charge in [0.15, 0.2) is 0 Å². The quantitative estimate of drug-likeness (QED) is 0.752. The second kappa shape index (κ2) is 5.21. The molecule has 19 heavy (non-hydrogen) atoms. The van der Waals surface area contributed by atoms with Crippen LogP contribution < -0.4 is 0 Å². The van der Waals surface area contributed by atoms with Crippen LogP contribution in [-0.4, -0.2) is 60.8 Å². The summed E-state index contributed by atoms with van der Waals surface area (Å²) in [5.74, 6) is 0. The second-order valence-electron chi connectivity index (χ2n) is 5.36. The van der Waals surface area contributed by atoms with Crippen LogP contribution >= 0.6 is 0 Å². The maximum absolute atomic E-state index is 4.37. The first-order valence-corrected chi connectivity index (χ1v) is 7.10. The molecule has 0 aromatic heterocycles. The number of nitrogens with zero attached hydrogens (tertiary/aromatic N) is 4. The molecule has 3 heterocycles. The number of likely N-dealkylation sites (N-methyl/N-ethyl adjacent to an activating group) is 2. The summed E-state index contributed by atoms with van der Waals surface area (Å²) >= 11 is 0. The van der Waals surface area contributed by atoms with Gasteiger partial charge in [-0.1, -0.05) is 19.1 Å². The second-order valence-corrected chi connectivity index (χ2v) is 5.36. The molecule has 0 aromatic rings. The summed E-state index contributed by atoms with van der Waals surface area (Å²) < 4.78 is 0. The zero-order valence-electron chi connectivity index (χ0n) is 11.8. The molecular formula is C15H22N4. The largest absolute Gasteiger partial charge is 0.349 e. The monoisotopic (exact) mass is 258 g/mol. The Labute approximate surface area is 115 Å². The normalized spacial score (nSPS) is 23.8. The molecule has 0 radical (unpaired) electrons. The molecule has 0 aliphatic carbocycles. The Balaban J connectivity index is 1.72. The summed E-state index contributed by atoms with van der Waals surface area (Å²) in [4.78, 5) is 4.91. The van der Waals surface area contributed by atoms with Gasteiger partial charge in [0.1, 0.15) is 0 Å². The summed E-state index contributed by atoms with van der Waals surface area (Å²) in [6.07, 6.45) is 9.98. The Kier molecular flexibility index (Phi) is 3.42. The highest BCUT2D eigenvalue weighted by Crippen LogP contribution is 2.26. The molecule has 0 aromatic carbocycles. The molecule has 1 fully saturated rings. The number of piperazine rings is 1. The van der Waals surface area contributed by atoms with E-state index in [1.807, 2.05) is 18.3 Å². The van der Waals surface area contributed by atoms with Crippen molar-refractivity contribution in [1.82, 2.24) is 14.8 Å². The maximum Gasteiger partial charge on any atom is 0.0547 e. The van der Waals surface area contributed by atoms with Crippen LogP contribution in [0.15, 0.2) is 40.3 Å². The standard InChI is InChI=1S/C15H22N4/c1-3-18-8-9-19-11-14(4-5-15(19)12-18)13-6-7-17(2)16-10-13/h5-6,10-11H,3-4,7-9,12H2,1-2H3. The molecular weight excluding hydrogens is 236 g/mol. The van der Waals surface area contributed by atoms with E-state index in [4.69, 9.17) is 0 Å². The minimum absolute atomic E-state index is 0.906. The number of hydrogen-bond acceptors (Lipinski definition) is 4. The van der Waals surface area contributed by atoms with Gasteiger partial charge in [-0.05, 0) is 24.1 Å². The van der Waals surface area contributed by atoms with Crippen LogP contribution in [0.1, 0.15) is 13.3 Å². The number of allylic oxidation sites excluding steroid dienone is 3. The van der Waals surface area contributed by atoms with Gasteiger partial charge in [-0.2, -0.15) is 5.10 Å². The van der Waals surface area contributed by atoms with Crippen molar-refractivity contribution >= 4 is 6.21 Å². The van der Waals surface area contributed by atoms with E-state index < -0.39 is 0 Å². The highest BCUT2D eigenvalue weighted by Gasteiger charge is 2.22. The Morgan fingerprint density at radius 3 is 2.89 bits per heavy atom. The van der Waals surface area contributed by atoms with Crippen molar-refractivity contribution in [2.24, 2.45) is 5.10 Å². The lowest BCUT2D eigenvalue weighted by molar-refractivity contribution is 0.214. The molecule has 0 N–H and O–H groups in total. The van der Waals surface area contributed by atoms with Gasteiger partial charge < -0.3 is 4.90 Å². The third kappa shape index (κ3) is 2.59. The lowest BCUT2D eigenvalue weighted by Gasteiger charge is -2.38. The molecule has 0 saturated carbocycles. The van der Waals surface area contributed by atoms with Crippen molar-refractivity contribution in [2.75, 3.05) is 39.8 Å². The first-order valence-electron chi connectivity index (χ1n) is 7.10. The van der Waals surface area contributed by atoms with Crippen molar-refractivity contribution < 1.29 is 0 Å². The van der Waals surface area contributed by atoms with Crippen LogP contribution in [0.25, 0.3) is 0 Å². The Hall–Kier alpha value is -1.55. The van der Waals surface area contributed by atoms with Crippen molar-refractivity contribution in [1.29, 1.82) is 0 Å². The van der Waals surface area contributed by atoms with Crippen LogP contribution in [0.2, 0.25) is 0 Å². The van der Waals surface area contributed by atoms with Crippen LogP contribution in [0.3, 0.4) is 0 Å². The van der Waals surface area contributed by atoms with Gasteiger partial charge >= 0.3 is 0 Å². The Morgan fingerprint density at radius 2 is 2.16 bits per heavy atom. The lowest BCUT2D eigenvalue weighted by atomic mass is 9.99. The molecule has 0 atom stereocenters. The van der Waals surface area contributed by atoms with Crippen LogP contribution in [-0.2, 0) is 0 Å². The molecule has 4 nitrogen and oxygen atoms in total. The summed E-state index contributed by atoms with van der Waals surface area (Å²) in [5, 5.41) is 6.32. The van der Waals surface area contributed by atoms with Crippen molar-refractivity contribution in [2.45, 2.75) is 13.3 Å². The SMILES string of the molecule is CCN1CCN2C=C(C3=CCN(C)N=C3)CC=C2C1. The zero-order chi connectivity index (χ0) is 13.2. The zero-order valence-corrected chi connectivity index (χ0v) is 11.8. The molecule has 3 rings (SSSR count). The molecule has 0 unspecified atom stereocenters. The smallest absolute Gasteiger partial charge is 0.0547 e. The predicted molar refractivity (Wildman–Crippen MR) is 78.8 cm³/mol. The first-order chi connectivity index (χ1) is 9.26. The van der Waals surface area contributed by atoms with E-state index in [0.29, 0.717) is 0 Å². The average Bonchev–Trinajstić information content (AvgIpc) is 2.47. The highest BCUT2D eigenvalue weighted by molar-refractivity contribution is 5.85. The van der Waals surface area contributed by atoms with E-state index in [0.717, 1.165) is 39.1 Å². The Bertz CT molecular complexity index is 473. The van der Waals surface area contributed by atoms with Gasteiger partial charge in [-0.25, -0.2) is 0 Å². The van der Waals surface area contributed by atoms with Gasteiger partial charge in [-0.15, -0.1) is 0 Å². The molecule has 1 saturated heterocycles. The molecule has 102 valence electrons. The molecule has 0 amide bonds. The number of fused-ring (bicyclic) bond motifs is 1. The van der Waals surface area contributed by atoms with Crippen molar-refractivity contribution in [3.8, 4) is 0 Å². The fraction of sp³-hybridized carbons (Fsp3) is 0.533. The molecule has 4 heteroatoms. The van der Waals surface area contributed by atoms with Crippen LogP contribution in [0, 0.1) is 0 Å². The topological polar surface area (TPSA) is 22.1 Å². The third-order valence-electron chi connectivity index (χ3n) is 4.07. The van der Waals surface area contributed by atoms with Crippen molar-refractivity contribution in [3.63, 3.8) is 0 Å². The van der Waals surface area contributed by atoms with Gasteiger partial charge in [0.05, 0.1) is 12.8 Å². The van der Waals surface area contributed by atoms with Gasteiger partial charge in [0.25, 0.3) is 0 Å². The maximum atomic E-state index is 4.37. The summed E-state index contributed by atoms with van der Waals surface area (Å²) in [6.45, 7) is 7.65. The molecule has 3 aliphatic heterocycles. The highest BCUT2D eigenvalue weighted by atomic mass is 15.4. The van der Waals surface area contributed by atoms with Crippen LogP contribution in [0.4, 0.5) is 0 Å². The van der Waals surface area contributed by atoms with E-state index in [9.17, 15) is 0 Å². The van der Waals surface area contributed by atoms with Crippen molar-refractivity contribution in [3.05, 3.63) is 35.2 Å². The molecule has 0 bridgehead atoms. The van der Waals surface area contributed by atoms with E-state index in [1.54, 1.807) is 0 Å². The Morgan fingerprint density at radius 1 is 1.26 bits per heavy atom. The number of rotatable bonds is 2. The van der Waals surface area contributed by atoms with E-state index >= 15 is 0 Å². The average molecular weight is 258 g/mol. The third-order valence-corrected chi connectivity index (χ3v) is 4.07. The van der Waals surface area contributed by atoms with E-state index in [1.165, 1.54) is 16.8 Å².